The number of aromatic nitrogens is 2. The highest BCUT2D eigenvalue weighted by Crippen LogP contribution is 2.42. The number of ether oxygens (including phenoxy) is 2. The van der Waals surface area contributed by atoms with Crippen molar-refractivity contribution in [2.75, 3.05) is 25.5 Å². The van der Waals surface area contributed by atoms with Gasteiger partial charge in [-0.15, -0.1) is 0 Å². The Morgan fingerprint density at radius 1 is 1.03 bits per heavy atom. The molecule has 2 saturated heterocycles. The summed E-state index contributed by atoms with van der Waals surface area (Å²) < 4.78 is 11.5. The van der Waals surface area contributed by atoms with Crippen LogP contribution in [-0.4, -0.2) is 54.2 Å². The minimum absolute atomic E-state index is 0.0216. The van der Waals surface area contributed by atoms with Crippen molar-refractivity contribution in [3.05, 3.63) is 59.9 Å². The van der Waals surface area contributed by atoms with Gasteiger partial charge in [0.25, 0.3) is 0 Å². The first-order valence-electron chi connectivity index (χ1n) is 13.6. The van der Waals surface area contributed by atoms with Gasteiger partial charge in [-0.05, 0) is 104 Å². The van der Waals surface area contributed by atoms with E-state index in [4.69, 9.17) is 15.2 Å². The number of carbonyl (C=O) groups is 1. The first-order chi connectivity index (χ1) is 18.2. The molecule has 7 nitrogen and oxygen atoms in total. The van der Waals surface area contributed by atoms with Crippen LogP contribution in [0.3, 0.4) is 0 Å². The van der Waals surface area contributed by atoms with Crippen LogP contribution < -0.4 is 11.3 Å². The molecule has 1 amide bonds. The third kappa shape index (κ3) is 5.70. The van der Waals surface area contributed by atoms with E-state index >= 15 is 0 Å². The van der Waals surface area contributed by atoms with Gasteiger partial charge in [-0.2, -0.15) is 0 Å². The van der Waals surface area contributed by atoms with E-state index in [1.807, 2.05) is 51.8 Å². The fraction of sp³-hybridized carbons (Fsp3) is 0.433. The van der Waals surface area contributed by atoms with Crippen LogP contribution in [0.4, 0.5) is 10.6 Å². The van der Waals surface area contributed by atoms with Crippen molar-refractivity contribution in [3.63, 3.8) is 0 Å². The molecule has 2 aliphatic rings. The molecule has 0 aliphatic carbocycles. The topological polar surface area (TPSA) is 90.6 Å². The van der Waals surface area contributed by atoms with E-state index < -0.39 is 5.60 Å². The van der Waals surface area contributed by atoms with Crippen molar-refractivity contribution in [1.82, 2.24) is 14.9 Å². The number of likely N-dealkylation sites (tertiary alicyclic amines) is 1. The van der Waals surface area contributed by atoms with Gasteiger partial charge in [0, 0.05) is 43.3 Å². The lowest BCUT2D eigenvalue weighted by atomic mass is 9.83. The average molecular weight is 512 g/mol. The molecule has 38 heavy (non-hydrogen) atoms. The van der Waals surface area contributed by atoms with Gasteiger partial charge in [0.1, 0.15) is 11.4 Å². The van der Waals surface area contributed by atoms with Gasteiger partial charge in [-0.1, -0.05) is 12.1 Å². The van der Waals surface area contributed by atoms with Crippen LogP contribution >= 0.6 is 0 Å². The van der Waals surface area contributed by atoms with Crippen molar-refractivity contribution < 1.29 is 14.3 Å². The first kappa shape index (κ1) is 26.2. The molecule has 2 fully saturated rings. The van der Waals surface area contributed by atoms with E-state index in [-0.39, 0.29) is 12.1 Å². The standard InChI is InChI=1S/C30H37BN4O3/c1-30(2,3)38-29(36)35-12-4-5-26(35)25-15-20(6-7-23(25)19-9-13-37-14-10-19)22-16-24(28(32)34-18-22)21-8-11-33-27(31)17-21/h6-8,11,15-19,26H,4-5,9-10,12-14,31H2,1-3H3,(H2,32,34)/t26-/m0/s1. The van der Waals surface area contributed by atoms with Crippen LogP contribution in [0.2, 0.25) is 0 Å². The van der Waals surface area contributed by atoms with Crippen molar-refractivity contribution in [2.45, 2.75) is 64.0 Å². The number of hydrogen-bond donors (Lipinski definition) is 1. The molecule has 0 radical (unpaired) electrons. The van der Waals surface area contributed by atoms with E-state index in [1.54, 1.807) is 6.20 Å². The maximum Gasteiger partial charge on any atom is 0.410 e. The Hall–Kier alpha value is -3.39. The highest BCUT2D eigenvalue weighted by Gasteiger charge is 2.35. The van der Waals surface area contributed by atoms with Crippen molar-refractivity contribution in [3.8, 4) is 22.3 Å². The van der Waals surface area contributed by atoms with Crippen LogP contribution in [0.5, 0.6) is 0 Å². The SMILES string of the molecule is Bc1cc(-c2cc(-c3ccc(C4CCOCC4)c([C@@H]4CCCN4C(=O)OC(C)(C)C)c3)cnc2N)ccn1. The van der Waals surface area contributed by atoms with Crippen LogP contribution in [0.25, 0.3) is 22.3 Å². The number of hydrogen-bond acceptors (Lipinski definition) is 6. The molecule has 0 saturated carbocycles. The molecule has 2 N–H and O–H groups in total. The summed E-state index contributed by atoms with van der Waals surface area (Å²) in [5.41, 5.74) is 13.1. The average Bonchev–Trinajstić information content (AvgIpc) is 3.38. The predicted octanol–water partition coefficient (Wildman–Crippen LogP) is 4.62. The number of anilines is 1. The lowest BCUT2D eigenvalue weighted by Gasteiger charge is -2.32. The van der Waals surface area contributed by atoms with Gasteiger partial charge >= 0.3 is 6.09 Å². The highest BCUT2D eigenvalue weighted by atomic mass is 16.6. The molecule has 0 bridgehead atoms. The van der Waals surface area contributed by atoms with Gasteiger partial charge < -0.3 is 20.1 Å². The smallest absolute Gasteiger partial charge is 0.410 e. The Bertz CT molecular complexity index is 1320. The van der Waals surface area contributed by atoms with Crippen molar-refractivity contribution >= 4 is 25.4 Å². The quantitative estimate of drug-likeness (QED) is 0.514. The third-order valence-corrected chi connectivity index (χ3v) is 7.45. The predicted molar refractivity (Wildman–Crippen MR) is 153 cm³/mol. The van der Waals surface area contributed by atoms with E-state index in [9.17, 15) is 4.79 Å². The van der Waals surface area contributed by atoms with Crippen LogP contribution in [0.1, 0.15) is 69.5 Å². The summed E-state index contributed by atoms with van der Waals surface area (Å²) in [7, 11) is 1.97. The Labute approximate surface area is 226 Å². The first-order valence-corrected chi connectivity index (χ1v) is 13.6. The van der Waals surface area contributed by atoms with Crippen LogP contribution in [0.15, 0.2) is 48.8 Å². The number of nitrogens with zero attached hydrogens (tertiary/aromatic N) is 3. The molecule has 5 rings (SSSR count). The number of pyridine rings is 2. The second-order valence-electron chi connectivity index (χ2n) is 11.4. The number of nitrogens with two attached hydrogens (primary N) is 1. The Morgan fingerprint density at radius 2 is 1.82 bits per heavy atom. The number of amides is 1. The molecule has 198 valence electrons. The van der Waals surface area contributed by atoms with Crippen LogP contribution in [-0.2, 0) is 9.47 Å². The molecule has 1 atom stereocenters. The molecule has 0 spiro atoms. The van der Waals surface area contributed by atoms with Gasteiger partial charge in [-0.3, -0.25) is 4.98 Å². The summed E-state index contributed by atoms with van der Waals surface area (Å²) in [4.78, 5) is 24.0. The van der Waals surface area contributed by atoms with E-state index in [1.165, 1.54) is 11.1 Å². The Kier molecular flexibility index (Phi) is 7.44. The van der Waals surface area contributed by atoms with Crippen molar-refractivity contribution in [2.24, 2.45) is 0 Å². The summed E-state index contributed by atoms with van der Waals surface area (Å²) >= 11 is 0. The third-order valence-electron chi connectivity index (χ3n) is 7.45. The molecule has 2 aliphatic heterocycles. The monoisotopic (exact) mass is 512 g/mol. The number of nitrogen functional groups attached to an aromatic ring is 1. The molecule has 8 heteroatoms. The normalized spacial score (nSPS) is 18.5. The summed E-state index contributed by atoms with van der Waals surface area (Å²) in [6, 6.07) is 12.7. The Balaban J connectivity index is 1.56. The fourth-order valence-electron chi connectivity index (χ4n) is 5.63. The second-order valence-corrected chi connectivity index (χ2v) is 11.4. The minimum Gasteiger partial charge on any atom is -0.444 e. The van der Waals surface area contributed by atoms with Gasteiger partial charge in [0.15, 0.2) is 7.85 Å². The maximum atomic E-state index is 13.2. The van der Waals surface area contributed by atoms with E-state index in [0.717, 1.165) is 66.7 Å². The summed E-state index contributed by atoms with van der Waals surface area (Å²) in [6.07, 6.45) is 7.23. The summed E-state index contributed by atoms with van der Waals surface area (Å²) in [5, 5.41) is 0. The van der Waals surface area contributed by atoms with Gasteiger partial charge in [0.05, 0.1) is 6.04 Å². The molecule has 3 aromatic rings. The number of rotatable bonds is 4. The number of benzene rings is 1. The zero-order valence-electron chi connectivity index (χ0n) is 22.9. The Morgan fingerprint density at radius 3 is 2.55 bits per heavy atom. The second kappa shape index (κ2) is 10.8. The summed E-state index contributed by atoms with van der Waals surface area (Å²) in [5.74, 6) is 0.902. The van der Waals surface area contributed by atoms with Crippen molar-refractivity contribution in [1.29, 1.82) is 0 Å². The number of carbonyl (C=O) groups excluding carboxylic acids is 1. The zero-order valence-corrected chi connectivity index (χ0v) is 22.9. The van der Waals surface area contributed by atoms with E-state index in [2.05, 4.69) is 34.2 Å². The van der Waals surface area contributed by atoms with E-state index in [0.29, 0.717) is 18.3 Å². The molecule has 2 aromatic heterocycles. The largest absolute Gasteiger partial charge is 0.444 e. The van der Waals surface area contributed by atoms with Gasteiger partial charge in [-0.25, -0.2) is 9.78 Å². The fourth-order valence-corrected chi connectivity index (χ4v) is 5.63. The minimum atomic E-state index is -0.535. The summed E-state index contributed by atoms with van der Waals surface area (Å²) in [6.45, 7) is 7.98. The molecule has 1 aromatic carbocycles. The lowest BCUT2D eigenvalue weighted by Crippen LogP contribution is -2.36. The molecular formula is C30H37BN4O3. The van der Waals surface area contributed by atoms with Gasteiger partial charge in [0.2, 0.25) is 0 Å². The molecule has 0 unspecified atom stereocenters. The molecule has 4 heterocycles. The molecular weight excluding hydrogens is 475 g/mol. The lowest BCUT2D eigenvalue weighted by molar-refractivity contribution is 0.0222. The highest BCUT2D eigenvalue weighted by molar-refractivity contribution is 6.30. The zero-order chi connectivity index (χ0) is 26.9. The maximum absolute atomic E-state index is 13.2. The van der Waals surface area contributed by atoms with Crippen LogP contribution in [0, 0.1) is 0 Å².